The number of nitrogens with zero attached hydrogens (tertiary/aromatic N) is 1. The first-order valence-electron chi connectivity index (χ1n) is 7.38. The van der Waals surface area contributed by atoms with E-state index in [9.17, 15) is 27.6 Å². The Labute approximate surface area is 141 Å². The summed E-state index contributed by atoms with van der Waals surface area (Å²) in [5.41, 5.74) is -3.62. The molecule has 1 aliphatic rings. The summed E-state index contributed by atoms with van der Waals surface area (Å²) in [4.78, 5) is 40.2. The van der Waals surface area contributed by atoms with Crippen molar-refractivity contribution < 1.29 is 47.0 Å². The molecular formula is C14H20F3NO7. The number of carbonyl (C=O) groups excluding carboxylic acids is 2. The Kier molecular flexibility index (Phi) is 6.06. The highest BCUT2D eigenvalue weighted by molar-refractivity contribution is 5.93. The van der Waals surface area contributed by atoms with Crippen molar-refractivity contribution in [2.75, 3.05) is 6.61 Å². The first-order chi connectivity index (χ1) is 11.2. The van der Waals surface area contributed by atoms with Gasteiger partial charge in [0.2, 0.25) is 0 Å². The number of ether oxygens (including phenoxy) is 2. The summed E-state index contributed by atoms with van der Waals surface area (Å²) in [6.07, 6.45) is -8.52. The highest BCUT2D eigenvalue weighted by Crippen LogP contribution is 2.40. The molecule has 8 nitrogen and oxygen atoms in total. The molecule has 0 radical (unpaired) electrons. The van der Waals surface area contributed by atoms with Gasteiger partial charge in [0.15, 0.2) is 11.8 Å². The Balaban J connectivity index is 3.37. The Bertz CT molecular complexity index is 544. The second kappa shape index (κ2) is 7.16. The molecule has 0 unspecified atom stereocenters. The summed E-state index contributed by atoms with van der Waals surface area (Å²) in [6.45, 7) is 5.88. The zero-order valence-corrected chi connectivity index (χ0v) is 14.2. The normalized spacial score (nSPS) is 24.3. The van der Waals surface area contributed by atoms with Gasteiger partial charge in [0.25, 0.3) is 0 Å². The van der Waals surface area contributed by atoms with E-state index in [1.807, 2.05) is 0 Å². The molecule has 1 rings (SSSR count). The molecule has 1 fully saturated rings. The molecular weight excluding hydrogens is 351 g/mol. The lowest BCUT2D eigenvalue weighted by Crippen LogP contribution is -2.58. The first kappa shape index (κ1) is 21.2. The largest absolute Gasteiger partial charge is 0.481 e. The third-order valence-corrected chi connectivity index (χ3v) is 3.12. The van der Waals surface area contributed by atoms with Crippen LogP contribution in [0.15, 0.2) is 0 Å². The van der Waals surface area contributed by atoms with Crippen LogP contribution in [0.1, 0.15) is 40.5 Å². The molecule has 0 bridgehead atoms. The number of halogens is 3. The van der Waals surface area contributed by atoms with Gasteiger partial charge in [-0.1, -0.05) is 0 Å². The molecule has 0 aromatic carbocycles. The average molecular weight is 371 g/mol. The van der Waals surface area contributed by atoms with Crippen LogP contribution in [-0.2, 0) is 28.7 Å². The SMILES string of the molecule is CCO[C@H]1C[C@](CC(=O)O)(C(=O)OC(C)(C)C)N(C(=O)C(F)(F)F)O1. The van der Waals surface area contributed by atoms with E-state index < -0.39 is 54.3 Å². The molecule has 144 valence electrons. The summed E-state index contributed by atoms with van der Waals surface area (Å²) in [5.74, 6) is -5.43. The Morgan fingerprint density at radius 1 is 1.28 bits per heavy atom. The Morgan fingerprint density at radius 3 is 2.24 bits per heavy atom. The van der Waals surface area contributed by atoms with Gasteiger partial charge < -0.3 is 14.6 Å². The van der Waals surface area contributed by atoms with Crippen LogP contribution in [0.3, 0.4) is 0 Å². The molecule has 1 amide bonds. The summed E-state index contributed by atoms with van der Waals surface area (Å²) < 4.78 is 48.7. The summed E-state index contributed by atoms with van der Waals surface area (Å²) >= 11 is 0. The van der Waals surface area contributed by atoms with Gasteiger partial charge in [-0.2, -0.15) is 18.2 Å². The average Bonchev–Trinajstić information content (AvgIpc) is 2.74. The van der Waals surface area contributed by atoms with Gasteiger partial charge >= 0.3 is 24.0 Å². The number of hydrogen-bond acceptors (Lipinski definition) is 6. The van der Waals surface area contributed by atoms with Crippen LogP contribution >= 0.6 is 0 Å². The third-order valence-electron chi connectivity index (χ3n) is 3.12. The van der Waals surface area contributed by atoms with Crippen LogP contribution in [0.5, 0.6) is 0 Å². The maximum absolute atomic E-state index is 12.9. The number of esters is 1. The Morgan fingerprint density at radius 2 is 1.84 bits per heavy atom. The molecule has 0 spiro atoms. The molecule has 2 atom stereocenters. The number of carbonyl (C=O) groups is 3. The van der Waals surface area contributed by atoms with E-state index in [1.54, 1.807) is 0 Å². The van der Waals surface area contributed by atoms with Gasteiger partial charge in [0, 0.05) is 13.0 Å². The quantitative estimate of drug-likeness (QED) is 0.733. The molecule has 0 aliphatic carbocycles. The van der Waals surface area contributed by atoms with E-state index in [0.29, 0.717) is 0 Å². The summed E-state index contributed by atoms with van der Waals surface area (Å²) in [5, 5.41) is 8.81. The monoisotopic (exact) mass is 371 g/mol. The zero-order chi connectivity index (χ0) is 19.6. The molecule has 11 heteroatoms. The van der Waals surface area contributed by atoms with Crippen molar-refractivity contribution >= 4 is 17.8 Å². The van der Waals surface area contributed by atoms with Gasteiger partial charge in [-0.15, -0.1) is 0 Å². The minimum atomic E-state index is -5.38. The fraction of sp³-hybridized carbons (Fsp3) is 0.786. The lowest BCUT2D eigenvalue weighted by atomic mass is 9.90. The second-order valence-electron chi connectivity index (χ2n) is 6.40. The number of aliphatic carboxylic acids is 1. The van der Waals surface area contributed by atoms with E-state index in [2.05, 4.69) is 0 Å². The van der Waals surface area contributed by atoms with Crippen LogP contribution in [0, 0.1) is 0 Å². The smallest absolute Gasteiger partial charge is 0.473 e. The lowest BCUT2D eigenvalue weighted by Gasteiger charge is -2.34. The molecule has 25 heavy (non-hydrogen) atoms. The van der Waals surface area contributed by atoms with Crippen molar-refractivity contribution in [1.29, 1.82) is 0 Å². The van der Waals surface area contributed by atoms with Crippen molar-refractivity contribution in [2.45, 2.75) is 64.1 Å². The van der Waals surface area contributed by atoms with Crippen LogP contribution in [0.2, 0.25) is 0 Å². The molecule has 1 heterocycles. The van der Waals surface area contributed by atoms with Crippen LogP contribution in [0.4, 0.5) is 13.2 Å². The molecule has 1 saturated heterocycles. The van der Waals surface area contributed by atoms with E-state index in [-0.39, 0.29) is 11.7 Å². The van der Waals surface area contributed by atoms with Crippen LogP contribution in [0.25, 0.3) is 0 Å². The number of hydroxylamine groups is 2. The van der Waals surface area contributed by atoms with Crippen LogP contribution in [-0.4, -0.2) is 58.2 Å². The molecule has 1 N–H and O–H groups in total. The Hall–Kier alpha value is -1.88. The van der Waals surface area contributed by atoms with Gasteiger partial charge in [-0.25, -0.2) is 9.63 Å². The fourth-order valence-corrected chi connectivity index (χ4v) is 2.25. The number of hydrogen-bond donors (Lipinski definition) is 1. The molecule has 0 aromatic heterocycles. The zero-order valence-electron chi connectivity index (χ0n) is 14.2. The maximum atomic E-state index is 12.9. The number of carboxylic acids is 1. The van der Waals surface area contributed by atoms with Gasteiger partial charge in [0.1, 0.15) is 5.60 Å². The van der Waals surface area contributed by atoms with Gasteiger partial charge in [-0.3, -0.25) is 9.59 Å². The predicted octanol–water partition coefficient (Wildman–Crippen LogP) is 1.63. The number of alkyl halides is 3. The lowest BCUT2D eigenvalue weighted by molar-refractivity contribution is -0.269. The van der Waals surface area contributed by atoms with Crippen molar-refractivity contribution in [1.82, 2.24) is 5.06 Å². The number of rotatable bonds is 5. The molecule has 0 aromatic rings. The topological polar surface area (TPSA) is 102 Å². The second-order valence-corrected chi connectivity index (χ2v) is 6.40. The van der Waals surface area contributed by atoms with E-state index >= 15 is 0 Å². The first-order valence-corrected chi connectivity index (χ1v) is 7.38. The van der Waals surface area contributed by atoms with E-state index in [1.165, 1.54) is 27.7 Å². The molecule has 1 aliphatic heterocycles. The van der Waals surface area contributed by atoms with Crippen molar-refractivity contribution in [2.24, 2.45) is 0 Å². The minimum absolute atomic E-state index is 0.0101. The number of carboxylic acid groups (broad SMARTS) is 1. The summed E-state index contributed by atoms with van der Waals surface area (Å²) in [6, 6.07) is 0. The van der Waals surface area contributed by atoms with Gasteiger partial charge in [-0.05, 0) is 27.7 Å². The van der Waals surface area contributed by atoms with Crippen molar-refractivity contribution in [3.8, 4) is 0 Å². The highest BCUT2D eigenvalue weighted by atomic mass is 19.4. The maximum Gasteiger partial charge on any atom is 0.473 e. The van der Waals surface area contributed by atoms with Gasteiger partial charge in [0.05, 0.1) is 6.42 Å². The standard InChI is InChI=1S/C14H20F3NO7/c1-5-23-9-7-13(6-8(19)20,11(22)24-12(2,3)4)18(25-9)10(21)14(15,16)17/h9H,5-7H2,1-4H3,(H,19,20)/t9-,13-/m1/s1. The predicted molar refractivity (Wildman–Crippen MR) is 74.8 cm³/mol. The van der Waals surface area contributed by atoms with Crippen molar-refractivity contribution in [3.63, 3.8) is 0 Å². The fourth-order valence-electron chi connectivity index (χ4n) is 2.25. The van der Waals surface area contributed by atoms with Crippen LogP contribution < -0.4 is 0 Å². The minimum Gasteiger partial charge on any atom is -0.481 e. The third kappa shape index (κ3) is 5.05. The van der Waals surface area contributed by atoms with E-state index in [4.69, 9.17) is 19.4 Å². The van der Waals surface area contributed by atoms with Crippen molar-refractivity contribution in [3.05, 3.63) is 0 Å². The summed E-state index contributed by atoms with van der Waals surface area (Å²) in [7, 11) is 0. The van der Waals surface area contributed by atoms with E-state index in [0.717, 1.165) is 0 Å². The molecule has 0 saturated carbocycles. The number of amides is 1. The highest BCUT2D eigenvalue weighted by Gasteiger charge is 2.63.